The highest BCUT2D eigenvalue weighted by atomic mass is 19.1. The molecule has 0 radical (unpaired) electrons. The molecule has 1 N–H and O–H groups in total. The van der Waals surface area contributed by atoms with E-state index in [1.54, 1.807) is 12.3 Å². The molecule has 0 spiro atoms. The Labute approximate surface area is 104 Å². The highest BCUT2D eigenvalue weighted by Crippen LogP contribution is 2.28. The van der Waals surface area contributed by atoms with E-state index in [4.69, 9.17) is 0 Å². The molecule has 0 aliphatic rings. The molecular formula is C14H13F2NO. The van der Waals surface area contributed by atoms with E-state index in [1.807, 2.05) is 6.92 Å². The molecule has 94 valence electrons. The summed E-state index contributed by atoms with van der Waals surface area (Å²) in [7, 11) is 0. The molecule has 2 rings (SSSR count). The third-order valence-electron chi connectivity index (χ3n) is 2.89. The molecule has 1 aromatic carbocycles. The van der Waals surface area contributed by atoms with Crippen LogP contribution in [0, 0.1) is 11.6 Å². The Hall–Kier alpha value is -1.81. The summed E-state index contributed by atoms with van der Waals surface area (Å²) in [6.45, 7) is 1.89. The number of benzene rings is 1. The van der Waals surface area contributed by atoms with Gasteiger partial charge in [0.15, 0.2) is 0 Å². The third kappa shape index (κ3) is 2.24. The largest absolute Gasteiger partial charge is 0.383 e. The van der Waals surface area contributed by atoms with E-state index in [1.165, 1.54) is 12.3 Å². The topological polar surface area (TPSA) is 33.1 Å². The number of hydrogen-bond donors (Lipinski definition) is 1. The highest BCUT2D eigenvalue weighted by Gasteiger charge is 2.21. The number of pyridine rings is 1. The second-order valence-corrected chi connectivity index (χ2v) is 3.97. The maximum Gasteiger partial charge on any atom is 0.132 e. The first-order chi connectivity index (χ1) is 8.65. The molecule has 0 saturated heterocycles. The van der Waals surface area contributed by atoms with E-state index < -0.39 is 17.7 Å². The lowest BCUT2D eigenvalue weighted by molar-refractivity contribution is 0.208. The number of rotatable bonds is 3. The van der Waals surface area contributed by atoms with Crippen molar-refractivity contribution in [3.8, 4) is 0 Å². The number of aryl methyl sites for hydroxylation is 1. The Balaban J connectivity index is 2.51. The van der Waals surface area contributed by atoms with Crippen LogP contribution in [0.4, 0.5) is 8.78 Å². The molecule has 0 fully saturated rings. The number of nitrogens with zero attached hydrogens (tertiary/aromatic N) is 1. The summed E-state index contributed by atoms with van der Waals surface area (Å²) in [4.78, 5) is 3.94. The lowest BCUT2D eigenvalue weighted by Gasteiger charge is -2.16. The number of hydrogen-bond acceptors (Lipinski definition) is 2. The summed E-state index contributed by atoms with van der Waals surface area (Å²) in [6.07, 6.45) is 2.41. The number of aliphatic hydroxyl groups is 1. The van der Waals surface area contributed by atoms with Gasteiger partial charge in [0.25, 0.3) is 0 Å². The Kier molecular flexibility index (Phi) is 3.67. The fourth-order valence-corrected chi connectivity index (χ4v) is 1.93. The molecular weight excluding hydrogens is 236 g/mol. The minimum absolute atomic E-state index is 0.321. The molecule has 1 unspecified atom stereocenters. The molecule has 0 bridgehead atoms. The summed E-state index contributed by atoms with van der Waals surface area (Å²) in [5, 5.41) is 10.2. The average Bonchev–Trinajstić information content (AvgIpc) is 2.38. The van der Waals surface area contributed by atoms with Gasteiger partial charge < -0.3 is 5.11 Å². The van der Waals surface area contributed by atoms with Gasteiger partial charge >= 0.3 is 0 Å². The van der Waals surface area contributed by atoms with Crippen molar-refractivity contribution in [3.05, 3.63) is 65.0 Å². The van der Waals surface area contributed by atoms with Crippen LogP contribution in [0.5, 0.6) is 0 Å². The van der Waals surface area contributed by atoms with E-state index in [0.29, 0.717) is 12.0 Å². The van der Waals surface area contributed by atoms with E-state index in [9.17, 15) is 13.9 Å². The predicted octanol–water partition coefficient (Wildman–Crippen LogP) is 3.00. The average molecular weight is 249 g/mol. The van der Waals surface area contributed by atoms with Crippen LogP contribution in [-0.4, -0.2) is 10.1 Å². The fourth-order valence-electron chi connectivity index (χ4n) is 1.93. The van der Waals surface area contributed by atoms with Crippen LogP contribution >= 0.6 is 0 Å². The molecule has 1 aromatic heterocycles. The van der Waals surface area contributed by atoms with Gasteiger partial charge in [-0.3, -0.25) is 4.98 Å². The van der Waals surface area contributed by atoms with Gasteiger partial charge in [0.1, 0.15) is 17.7 Å². The molecule has 2 nitrogen and oxygen atoms in total. The summed E-state index contributed by atoms with van der Waals surface area (Å²) < 4.78 is 27.2. The molecule has 4 heteroatoms. The van der Waals surface area contributed by atoms with Crippen molar-refractivity contribution in [1.82, 2.24) is 4.98 Å². The van der Waals surface area contributed by atoms with Crippen molar-refractivity contribution >= 4 is 0 Å². The van der Waals surface area contributed by atoms with Crippen LogP contribution in [0.3, 0.4) is 0 Å². The Morgan fingerprint density at radius 1 is 1.22 bits per heavy atom. The zero-order valence-corrected chi connectivity index (χ0v) is 9.90. The lowest BCUT2D eigenvalue weighted by Crippen LogP contribution is -2.08. The van der Waals surface area contributed by atoms with Crippen LogP contribution in [0.15, 0.2) is 36.7 Å². The van der Waals surface area contributed by atoms with Crippen molar-refractivity contribution in [2.45, 2.75) is 19.4 Å². The van der Waals surface area contributed by atoms with Gasteiger partial charge in [-0.1, -0.05) is 13.0 Å². The normalized spacial score (nSPS) is 12.4. The molecule has 0 saturated carbocycles. The fraction of sp³-hybridized carbons (Fsp3) is 0.214. The molecule has 0 amide bonds. The molecule has 18 heavy (non-hydrogen) atoms. The standard InChI is InChI=1S/C14H13F2NO/c1-2-9-8-17-7-6-10(9)14(18)13-11(15)4-3-5-12(13)16/h3-8,14,18H,2H2,1H3. The Bertz CT molecular complexity index is 537. The maximum atomic E-state index is 13.6. The first-order valence-electron chi connectivity index (χ1n) is 5.70. The van der Waals surface area contributed by atoms with Gasteiger partial charge in [-0.05, 0) is 35.7 Å². The molecule has 0 aliphatic heterocycles. The van der Waals surface area contributed by atoms with Crippen LogP contribution < -0.4 is 0 Å². The van der Waals surface area contributed by atoms with Crippen LogP contribution in [0.1, 0.15) is 29.7 Å². The Morgan fingerprint density at radius 2 is 1.89 bits per heavy atom. The van der Waals surface area contributed by atoms with Gasteiger partial charge in [-0.2, -0.15) is 0 Å². The van der Waals surface area contributed by atoms with Gasteiger partial charge in [-0.25, -0.2) is 8.78 Å². The minimum atomic E-state index is -1.32. The second kappa shape index (κ2) is 5.23. The predicted molar refractivity (Wildman–Crippen MR) is 64.0 cm³/mol. The number of halogens is 2. The van der Waals surface area contributed by atoms with E-state index >= 15 is 0 Å². The first-order valence-corrected chi connectivity index (χ1v) is 5.70. The number of aliphatic hydroxyl groups excluding tert-OH is 1. The molecule has 0 aliphatic carbocycles. The Morgan fingerprint density at radius 3 is 2.50 bits per heavy atom. The van der Waals surface area contributed by atoms with Crippen molar-refractivity contribution in [1.29, 1.82) is 0 Å². The summed E-state index contributed by atoms with van der Waals surface area (Å²) in [5.41, 5.74) is 0.933. The number of aromatic nitrogens is 1. The molecule has 1 heterocycles. The maximum absolute atomic E-state index is 13.6. The van der Waals surface area contributed by atoms with Gasteiger partial charge in [0, 0.05) is 12.4 Å². The van der Waals surface area contributed by atoms with Crippen LogP contribution in [0.2, 0.25) is 0 Å². The van der Waals surface area contributed by atoms with E-state index in [0.717, 1.165) is 17.7 Å². The minimum Gasteiger partial charge on any atom is -0.383 e. The zero-order chi connectivity index (χ0) is 13.1. The summed E-state index contributed by atoms with van der Waals surface area (Å²) in [6, 6.07) is 5.12. The third-order valence-corrected chi connectivity index (χ3v) is 2.89. The van der Waals surface area contributed by atoms with Gasteiger partial charge in [0.05, 0.1) is 5.56 Å². The highest BCUT2D eigenvalue weighted by molar-refractivity contribution is 5.35. The lowest BCUT2D eigenvalue weighted by atomic mass is 9.96. The molecule has 2 aromatic rings. The first kappa shape index (κ1) is 12.6. The van der Waals surface area contributed by atoms with E-state index in [-0.39, 0.29) is 5.56 Å². The SMILES string of the molecule is CCc1cnccc1C(O)c1c(F)cccc1F. The van der Waals surface area contributed by atoms with E-state index in [2.05, 4.69) is 4.98 Å². The van der Waals surface area contributed by atoms with Crippen LogP contribution in [-0.2, 0) is 6.42 Å². The zero-order valence-electron chi connectivity index (χ0n) is 9.90. The second-order valence-electron chi connectivity index (χ2n) is 3.97. The monoisotopic (exact) mass is 249 g/mol. The smallest absolute Gasteiger partial charge is 0.132 e. The van der Waals surface area contributed by atoms with Crippen molar-refractivity contribution in [2.24, 2.45) is 0 Å². The summed E-state index contributed by atoms with van der Waals surface area (Å²) >= 11 is 0. The quantitative estimate of drug-likeness (QED) is 0.907. The van der Waals surface area contributed by atoms with Crippen molar-refractivity contribution < 1.29 is 13.9 Å². The van der Waals surface area contributed by atoms with Crippen molar-refractivity contribution in [3.63, 3.8) is 0 Å². The van der Waals surface area contributed by atoms with Gasteiger partial charge in [0.2, 0.25) is 0 Å². The molecule has 1 atom stereocenters. The van der Waals surface area contributed by atoms with Gasteiger partial charge in [-0.15, -0.1) is 0 Å². The van der Waals surface area contributed by atoms with Crippen LogP contribution in [0.25, 0.3) is 0 Å². The summed E-state index contributed by atoms with van der Waals surface area (Å²) in [5.74, 6) is -1.50. The van der Waals surface area contributed by atoms with Crippen molar-refractivity contribution in [2.75, 3.05) is 0 Å².